The highest BCUT2D eigenvalue weighted by molar-refractivity contribution is 7.15. The van der Waals surface area contributed by atoms with Gasteiger partial charge in [-0.15, -0.1) is 11.3 Å². The highest BCUT2D eigenvalue weighted by Gasteiger charge is 2.43. The van der Waals surface area contributed by atoms with Crippen LogP contribution in [0.25, 0.3) is 0 Å². The van der Waals surface area contributed by atoms with Crippen LogP contribution < -0.4 is 4.90 Å². The number of ether oxygens (including phenoxy) is 1. The molecule has 0 radical (unpaired) electrons. The third kappa shape index (κ3) is 6.84. The average Bonchev–Trinajstić information content (AvgIpc) is 3.16. The van der Waals surface area contributed by atoms with Crippen LogP contribution in [0, 0.1) is 29.1 Å². The van der Waals surface area contributed by atoms with Crippen molar-refractivity contribution in [2.45, 2.75) is 78.8 Å². The first-order valence-corrected chi connectivity index (χ1v) is 12.9. The Labute approximate surface area is 209 Å². The molecule has 0 bridgehead atoms. The number of carboxylic acids is 1. The van der Waals surface area contributed by atoms with E-state index in [0.29, 0.717) is 16.5 Å². The summed E-state index contributed by atoms with van der Waals surface area (Å²) in [4.78, 5) is 31.0. The summed E-state index contributed by atoms with van der Waals surface area (Å²) in [6.07, 6.45) is 3.66. The van der Waals surface area contributed by atoms with E-state index in [0.717, 1.165) is 37.0 Å². The Morgan fingerprint density at radius 3 is 2.24 bits per heavy atom. The number of rotatable bonds is 8. The highest BCUT2D eigenvalue weighted by Crippen LogP contribution is 2.38. The van der Waals surface area contributed by atoms with Crippen molar-refractivity contribution in [3.05, 3.63) is 15.8 Å². The first kappa shape index (κ1) is 28.4. The molecule has 0 spiro atoms. The molecule has 1 atom stereocenters. The summed E-state index contributed by atoms with van der Waals surface area (Å²) >= 11 is 1.13. The van der Waals surface area contributed by atoms with E-state index in [1.807, 2.05) is 34.9 Å². The maximum absolute atomic E-state index is 14.1. The molecule has 1 aliphatic carbocycles. The molecule has 1 fully saturated rings. The first-order chi connectivity index (χ1) is 15.7. The van der Waals surface area contributed by atoms with Crippen molar-refractivity contribution in [3.8, 4) is 11.8 Å². The number of likely N-dealkylation sites (N-methyl/N-ethyl adjacent to an activating group) is 1. The fourth-order valence-electron chi connectivity index (χ4n) is 4.22. The standard InChI is InChI=1S/C27H42N2O4S/c1-18-10-12-19(13-11-18)24(30)29(22(17-33-9)27(5,6)28(7)8)21-16-20(14-15-26(2,3)4)34-23(21)25(31)32/h16,18-19,22H,10-13,17H2,1-9H3,(H,31,32). The Bertz CT molecular complexity index is 925. The fraction of sp³-hybridized carbons (Fsp3) is 0.704. The van der Waals surface area contributed by atoms with E-state index in [4.69, 9.17) is 4.74 Å². The number of carboxylic acid groups (broad SMARTS) is 1. The van der Waals surface area contributed by atoms with E-state index in [1.54, 1.807) is 18.1 Å². The summed E-state index contributed by atoms with van der Waals surface area (Å²) in [7, 11) is 5.56. The molecule has 7 heteroatoms. The second-order valence-electron chi connectivity index (χ2n) is 11.3. The second kappa shape index (κ2) is 11.2. The Kier molecular flexibility index (Phi) is 9.37. The van der Waals surface area contributed by atoms with Gasteiger partial charge in [0, 0.05) is 24.0 Å². The summed E-state index contributed by atoms with van der Waals surface area (Å²) in [6, 6.07) is 1.40. The number of hydrogen-bond donors (Lipinski definition) is 1. The van der Waals surface area contributed by atoms with Crippen molar-refractivity contribution >= 4 is 28.9 Å². The van der Waals surface area contributed by atoms with Crippen molar-refractivity contribution in [2.75, 3.05) is 32.7 Å². The molecule has 2 rings (SSSR count). The Morgan fingerprint density at radius 1 is 1.18 bits per heavy atom. The number of hydrogen-bond acceptors (Lipinski definition) is 5. The summed E-state index contributed by atoms with van der Waals surface area (Å²) in [5.74, 6) is 5.75. The van der Waals surface area contributed by atoms with Crippen molar-refractivity contribution in [3.63, 3.8) is 0 Å². The lowest BCUT2D eigenvalue weighted by molar-refractivity contribution is -0.125. The molecule has 0 aromatic carbocycles. The minimum Gasteiger partial charge on any atom is -0.477 e. The van der Waals surface area contributed by atoms with E-state index in [9.17, 15) is 14.7 Å². The first-order valence-electron chi connectivity index (χ1n) is 12.1. The summed E-state index contributed by atoms with van der Waals surface area (Å²) in [6.45, 7) is 12.7. The minimum absolute atomic E-state index is 0.0143. The molecule has 0 saturated heterocycles. The number of nitrogens with zero attached hydrogens (tertiary/aromatic N) is 2. The van der Waals surface area contributed by atoms with E-state index in [1.165, 1.54) is 0 Å². The molecule has 1 aliphatic rings. The minimum atomic E-state index is -1.04. The topological polar surface area (TPSA) is 70.1 Å². The SMILES string of the molecule is COCC(N(C(=O)C1CCC(C)CC1)c1cc(C#CC(C)(C)C)sc1C(=O)O)C(C)(C)N(C)C. The van der Waals surface area contributed by atoms with Crippen molar-refractivity contribution < 1.29 is 19.4 Å². The monoisotopic (exact) mass is 490 g/mol. The second-order valence-corrected chi connectivity index (χ2v) is 12.4. The van der Waals surface area contributed by atoms with Gasteiger partial charge in [-0.2, -0.15) is 0 Å². The molecule has 0 aliphatic heterocycles. The lowest BCUT2D eigenvalue weighted by Gasteiger charge is -2.46. The summed E-state index contributed by atoms with van der Waals surface area (Å²) in [5.41, 5.74) is -0.257. The number of thiophene rings is 1. The van der Waals surface area contributed by atoms with E-state index < -0.39 is 11.5 Å². The van der Waals surface area contributed by atoms with Gasteiger partial charge in [-0.3, -0.25) is 4.79 Å². The van der Waals surface area contributed by atoms with Gasteiger partial charge in [-0.05, 0) is 86.4 Å². The largest absolute Gasteiger partial charge is 0.477 e. The van der Waals surface area contributed by atoms with Gasteiger partial charge in [0.15, 0.2) is 0 Å². The molecule has 190 valence electrons. The van der Waals surface area contributed by atoms with Crippen LogP contribution in [0.1, 0.15) is 81.8 Å². The lowest BCUT2D eigenvalue weighted by atomic mass is 9.81. The number of carbonyl (C=O) groups is 2. The van der Waals surface area contributed by atoms with Gasteiger partial charge in [0.1, 0.15) is 4.88 Å². The van der Waals surface area contributed by atoms with Gasteiger partial charge >= 0.3 is 5.97 Å². The zero-order valence-corrected chi connectivity index (χ0v) is 23.1. The van der Waals surface area contributed by atoms with Crippen LogP contribution >= 0.6 is 11.3 Å². The van der Waals surface area contributed by atoms with Crippen LogP contribution in [0.5, 0.6) is 0 Å². The molecule has 1 heterocycles. The third-order valence-electron chi connectivity index (χ3n) is 6.93. The zero-order valence-electron chi connectivity index (χ0n) is 22.3. The fourth-order valence-corrected chi connectivity index (χ4v) is 5.06. The molecule has 1 unspecified atom stereocenters. The molecular formula is C27H42N2O4S. The Morgan fingerprint density at radius 2 is 1.76 bits per heavy atom. The maximum atomic E-state index is 14.1. The quantitative estimate of drug-likeness (QED) is 0.497. The van der Waals surface area contributed by atoms with Gasteiger partial charge in [0.2, 0.25) is 5.91 Å². The molecule has 1 amide bonds. The van der Waals surface area contributed by atoms with Gasteiger partial charge in [0.05, 0.1) is 23.2 Å². The molecule has 1 aromatic heterocycles. The summed E-state index contributed by atoms with van der Waals surface area (Å²) in [5, 5.41) is 10.1. The van der Waals surface area contributed by atoms with Crippen LogP contribution in [0.2, 0.25) is 0 Å². The van der Waals surface area contributed by atoms with Crippen LogP contribution in [-0.4, -0.2) is 61.3 Å². The highest BCUT2D eigenvalue weighted by atomic mass is 32.1. The smallest absolute Gasteiger partial charge is 0.348 e. The van der Waals surface area contributed by atoms with E-state index in [2.05, 4.69) is 37.5 Å². The summed E-state index contributed by atoms with van der Waals surface area (Å²) < 4.78 is 5.60. The zero-order chi connectivity index (χ0) is 25.8. The molecule has 1 aromatic rings. The molecule has 6 nitrogen and oxygen atoms in total. The van der Waals surface area contributed by atoms with Gasteiger partial charge in [-0.25, -0.2) is 4.79 Å². The van der Waals surface area contributed by atoms with Crippen LogP contribution in [0.4, 0.5) is 5.69 Å². The van der Waals surface area contributed by atoms with E-state index in [-0.39, 0.29) is 34.8 Å². The number of aromatic carboxylic acids is 1. The normalized spacial score (nSPS) is 19.9. The third-order valence-corrected chi connectivity index (χ3v) is 7.96. The van der Waals surface area contributed by atoms with Crippen LogP contribution in [0.15, 0.2) is 6.07 Å². The molecule has 1 saturated carbocycles. The Balaban J connectivity index is 2.69. The number of methoxy groups -OCH3 is 1. The Hall–Kier alpha value is -1.88. The number of carbonyl (C=O) groups excluding carboxylic acids is 1. The van der Waals surface area contributed by atoms with Gasteiger partial charge < -0.3 is 19.6 Å². The van der Waals surface area contributed by atoms with Crippen molar-refractivity contribution in [1.82, 2.24) is 4.90 Å². The number of anilines is 1. The molecule has 1 N–H and O–H groups in total. The van der Waals surface area contributed by atoms with Crippen molar-refractivity contribution in [1.29, 1.82) is 0 Å². The van der Waals surface area contributed by atoms with Gasteiger partial charge in [-0.1, -0.05) is 18.8 Å². The van der Waals surface area contributed by atoms with Gasteiger partial charge in [0.25, 0.3) is 0 Å². The average molecular weight is 491 g/mol. The molecular weight excluding hydrogens is 448 g/mol. The predicted molar refractivity (Wildman–Crippen MR) is 140 cm³/mol. The van der Waals surface area contributed by atoms with E-state index >= 15 is 0 Å². The predicted octanol–water partition coefficient (Wildman–Crippen LogP) is 5.36. The molecule has 34 heavy (non-hydrogen) atoms. The maximum Gasteiger partial charge on any atom is 0.348 e. The van der Waals surface area contributed by atoms with Crippen LogP contribution in [0.3, 0.4) is 0 Å². The van der Waals surface area contributed by atoms with Crippen LogP contribution in [-0.2, 0) is 9.53 Å². The number of amides is 1. The van der Waals surface area contributed by atoms with Crippen molar-refractivity contribution in [2.24, 2.45) is 17.3 Å². The lowest BCUT2D eigenvalue weighted by Crippen LogP contribution is -2.61.